The van der Waals surface area contributed by atoms with E-state index in [1.54, 1.807) is 17.8 Å². The van der Waals surface area contributed by atoms with Gasteiger partial charge in [0.1, 0.15) is 29.8 Å². The van der Waals surface area contributed by atoms with Gasteiger partial charge in [0.25, 0.3) is 0 Å². The molecular weight excluding hydrogens is 420 g/mol. The lowest BCUT2D eigenvalue weighted by Crippen LogP contribution is -2.47. The molecule has 2 aromatic heterocycles. The number of aliphatic hydroxyl groups is 1. The Morgan fingerprint density at radius 1 is 1.33 bits per heavy atom. The van der Waals surface area contributed by atoms with Crippen LogP contribution in [-0.4, -0.2) is 52.1 Å². The molecule has 0 radical (unpaired) electrons. The quantitative estimate of drug-likeness (QED) is 0.320. The number of rotatable bonds is 7. The van der Waals surface area contributed by atoms with E-state index in [0.717, 1.165) is 28.9 Å². The second-order valence-electron chi connectivity index (χ2n) is 8.57. The van der Waals surface area contributed by atoms with Gasteiger partial charge in [0.05, 0.1) is 11.3 Å². The van der Waals surface area contributed by atoms with Gasteiger partial charge < -0.3 is 30.6 Å². The number of aryl methyl sites for hydroxylation is 2. The van der Waals surface area contributed by atoms with E-state index in [2.05, 4.69) is 26.8 Å². The second kappa shape index (κ2) is 9.21. The van der Waals surface area contributed by atoms with Crippen LogP contribution in [0, 0.1) is 18.3 Å². The number of anilines is 3. The maximum atomic E-state index is 11.0. The molecule has 0 bridgehead atoms. The van der Waals surface area contributed by atoms with Crippen molar-refractivity contribution in [3.63, 3.8) is 0 Å². The third-order valence-corrected chi connectivity index (χ3v) is 5.55. The number of nitrogens with zero attached hydrogens (tertiary/aromatic N) is 3. The van der Waals surface area contributed by atoms with Gasteiger partial charge in [-0.1, -0.05) is 30.7 Å². The summed E-state index contributed by atoms with van der Waals surface area (Å²) in [6.07, 6.45) is 1.60. The lowest BCUT2D eigenvalue weighted by atomic mass is 9.99. The van der Waals surface area contributed by atoms with Crippen molar-refractivity contribution in [3.8, 4) is 17.0 Å². The van der Waals surface area contributed by atoms with Crippen LogP contribution in [0.1, 0.15) is 24.5 Å². The molecule has 1 fully saturated rings. The second-order valence-corrected chi connectivity index (χ2v) is 8.57. The molecule has 0 saturated carbocycles. The van der Waals surface area contributed by atoms with Gasteiger partial charge in [-0.15, -0.1) is 0 Å². The van der Waals surface area contributed by atoms with Crippen LogP contribution in [0.5, 0.6) is 5.75 Å². The van der Waals surface area contributed by atoms with Gasteiger partial charge in [-0.05, 0) is 18.9 Å². The van der Waals surface area contributed by atoms with E-state index in [4.69, 9.17) is 14.9 Å². The molecule has 0 unspecified atom stereocenters. The summed E-state index contributed by atoms with van der Waals surface area (Å²) in [5.41, 5.74) is 3.48. The van der Waals surface area contributed by atoms with Crippen molar-refractivity contribution in [2.45, 2.75) is 26.1 Å². The maximum Gasteiger partial charge on any atom is 0.232 e. The first-order valence-electron chi connectivity index (χ1n) is 10.9. The van der Waals surface area contributed by atoms with Crippen LogP contribution in [-0.2, 0) is 11.8 Å². The van der Waals surface area contributed by atoms with Crippen LogP contribution >= 0.6 is 0 Å². The van der Waals surface area contributed by atoms with Gasteiger partial charge in [-0.3, -0.25) is 4.68 Å². The van der Waals surface area contributed by atoms with E-state index in [1.165, 1.54) is 0 Å². The number of nitrogens with one attached hydrogen (secondary N) is 3. The van der Waals surface area contributed by atoms with E-state index in [1.807, 2.05) is 45.2 Å². The Morgan fingerprint density at radius 3 is 2.85 bits per heavy atom. The normalized spacial score (nSPS) is 20.3. The summed E-state index contributed by atoms with van der Waals surface area (Å²) < 4.78 is 13.3. The van der Waals surface area contributed by atoms with Gasteiger partial charge in [0.2, 0.25) is 5.79 Å². The van der Waals surface area contributed by atoms with Crippen molar-refractivity contribution in [3.05, 3.63) is 47.5 Å². The summed E-state index contributed by atoms with van der Waals surface area (Å²) >= 11 is 0. The molecule has 0 amide bonds. The molecule has 33 heavy (non-hydrogen) atoms. The predicted octanol–water partition coefficient (Wildman–Crippen LogP) is 3.70. The molecule has 0 aliphatic carbocycles. The lowest BCUT2D eigenvalue weighted by molar-refractivity contribution is -0.216. The molecule has 1 saturated heterocycles. The summed E-state index contributed by atoms with van der Waals surface area (Å²) in [5, 5.41) is 29.7. The fourth-order valence-corrected chi connectivity index (χ4v) is 4.03. The summed E-state index contributed by atoms with van der Waals surface area (Å²) in [7, 11) is 3.58. The van der Waals surface area contributed by atoms with Crippen molar-refractivity contribution in [2.75, 3.05) is 30.9 Å². The van der Waals surface area contributed by atoms with Crippen molar-refractivity contribution in [2.24, 2.45) is 13.0 Å². The van der Waals surface area contributed by atoms with Crippen LogP contribution in [0.3, 0.4) is 0 Å². The van der Waals surface area contributed by atoms with Crippen molar-refractivity contribution < 1.29 is 14.6 Å². The van der Waals surface area contributed by atoms with Crippen molar-refractivity contribution >= 4 is 23.7 Å². The van der Waals surface area contributed by atoms with Crippen molar-refractivity contribution in [1.82, 2.24) is 14.8 Å². The van der Waals surface area contributed by atoms with E-state index in [0.29, 0.717) is 36.0 Å². The largest absolute Gasteiger partial charge is 0.459 e. The topological polar surface area (TPSA) is 117 Å². The Morgan fingerprint density at radius 2 is 2.15 bits per heavy atom. The Labute approximate surface area is 193 Å². The Kier molecular flexibility index (Phi) is 6.35. The van der Waals surface area contributed by atoms with Gasteiger partial charge in [-0.2, -0.15) is 5.10 Å². The Bertz CT molecular complexity index is 1160. The molecule has 0 spiro atoms. The average Bonchev–Trinajstić information content (AvgIpc) is 3.13. The summed E-state index contributed by atoms with van der Waals surface area (Å²) in [6, 6.07) is 11.8. The van der Waals surface area contributed by atoms with Gasteiger partial charge in [0, 0.05) is 51.0 Å². The van der Waals surface area contributed by atoms with Crippen LogP contribution in [0.2, 0.25) is 0 Å². The van der Waals surface area contributed by atoms with Crippen LogP contribution < -0.4 is 15.4 Å². The standard InChI is InChI=1S/C24H30N6O3/c1-15-6-5-7-17(8-15)19-9-22(30(4)29-19)27-21-10-20(18(12-25)23(26-3)28-21)33-24(31)11-16(2)13-32-14-24/h5-10,12,16,25,31H,11,13-14H2,1-4H3,(H2,26,27,28)/t16-,24+/m1/s1. The molecule has 2 atom stereocenters. The number of pyridine rings is 1. The molecule has 9 heteroatoms. The maximum absolute atomic E-state index is 11.0. The molecule has 4 N–H and O–H groups in total. The first-order chi connectivity index (χ1) is 15.8. The molecule has 4 rings (SSSR count). The van der Waals surface area contributed by atoms with E-state index >= 15 is 0 Å². The first-order valence-corrected chi connectivity index (χ1v) is 10.9. The summed E-state index contributed by atoms with van der Waals surface area (Å²) in [4.78, 5) is 4.58. The highest BCUT2D eigenvalue weighted by Crippen LogP contribution is 2.34. The highest BCUT2D eigenvalue weighted by molar-refractivity contribution is 5.89. The number of ether oxygens (including phenoxy) is 2. The van der Waals surface area contributed by atoms with Crippen LogP contribution in [0.4, 0.5) is 17.5 Å². The molecule has 1 aliphatic heterocycles. The third-order valence-electron chi connectivity index (χ3n) is 5.55. The van der Waals surface area contributed by atoms with Crippen molar-refractivity contribution in [1.29, 1.82) is 5.41 Å². The lowest BCUT2D eigenvalue weighted by Gasteiger charge is -2.35. The fourth-order valence-electron chi connectivity index (χ4n) is 4.03. The Hall–Kier alpha value is -3.43. The average molecular weight is 451 g/mol. The van der Waals surface area contributed by atoms with Crippen LogP contribution in [0.15, 0.2) is 36.4 Å². The van der Waals surface area contributed by atoms with E-state index in [-0.39, 0.29) is 12.5 Å². The summed E-state index contributed by atoms with van der Waals surface area (Å²) in [5.74, 6) is 0.719. The zero-order chi connectivity index (χ0) is 23.6. The highest BCUT2D eigenvalue weighted by Gasteiger charge is 2.36. The molecule has 3 heterocycles. The number of benzene rings is 1. The third kappa shape index (κ3) is 4.99. The monoisotopic (exact) mass is 450 g/mol. The summed E-state index contributed by atoms with van der Waals surface area (Å²) in [6.45, 7) is 4.69. The van der Waals surface area contributed by atoms with E-state index < -0.39 is 5.79 Å². The molecule has 174 valence electrons. The zero-order valence-electron chi connectivity index (χ0n) is 19.3. The molecule has 1 aromatic carbocycles. The highest BCUT2D eigenvalue weighted by atomic mass is 16.7. The molecule has 1 aliphatic rings. The number of hydrogen-bond acceptors (Lipinski definition) is 8. The van der Waals surface area contributed by atoms with E-state index in [9.17, 15) is 5.11 Å². The predicted molar refractivity (Wildman–Crippen MR) is 129 cm³/mol. The first kappa shape index (κ1) is 22.8. The van der Waals surface area contributed by atoms with Crippen LogP contribution in [0.25, 0.3) is 11.3 Å². The number of aromatic nitrogens is 3. The van der Waals surface area contributed by atoms with Gasteiger partial charge >= 0.3 is 0 Å². The Balaban J connectivity index is 1.66. The fraction of sp³-hybridized carbons (Fsp3) is 0.375. The SMILES string of the molecule is CNc1nc(Nc2cc(-c3cccc(C)c3)nn2C)cc(O[C@]2(O)COC[C@H](C)C2)c1C=N. The minimum absolute atomic E-state index is 0.0658. The zero-order valence-corrected chi connectivity index (χ0v) is 19.3. The van der Waals surface area contributed by atoms with Gasteiger partial charge in [-0.25, -0.2) is 4.98 Å². The number of hydrogen-bond donors (Lipinski definition) is 4. The van der Waals surface area contributed by atoms with Gasteiger partial charge in [0.15, 0.2) is 0 Å². The minimum Gasteiger partial charge on any atom is -0.459 e. The minimum atomic E-state index is -1.47. The molecule has 9 nitrogen and oxygen atoms in total. The smallest absolute Gasteiger partial charge is 0.232 e. The molecular formula is C24H30N6O3. The molecule has 3 aromatic rings.